The molecule has 0 aliphatic heterocycles. The summed E-state index contributed by atoms with van der Waals surface area (Å²) in [6.45, 7) is 0. The van der Waals surface area contributed by atoms with Crippen LogP contribution in [0.1, 0.15) is 38.5 Å². The molecule has 1 unspecified atom stereocenters. The maximum absolute atomic E-state index is 11.1. The van der Waals surface area contributed by atoms with Crippen LogP contribution < -0.4 is 5.32 Å². The van der Waals surface area contributed by atoms with Gasteiger partial charge in [0.1, 0.15) is 9.84 Å². The molecule has 1 saturated carbocycles. The van der Waals surface area contributed by atoms with Gasteiger partial charge in [0.15, 0.2) is 0 Å². The Kier molecular flexibility index (Phi) is 5.41. The van der Waals surface area contributed by atoms with Gasteiger partial charge >= 0.3 is 0 Å². The predicted molar refractivity (Wildman–Crippen MR) is 70.0 cm³/mol. The van der Waals surface area contributed by atoms with E-state index in [1.165, 1.54) is 19.1 Å². The molecule has 0 amide bonds. The van der Waals surface area contributed by atoms with Crippen molar-refractivity contribution in [3.8, 4) is 0 Å². The number of sulfone groups is 1. The Morgan fingerprint density at radius 3 is 2.35 bits per heavy atom. The molecule has 0 aromatic rings. The minimum Gasteiger partial charge on any atom is -0.377 e. The zero-order chi connectivity index (χ0) is 12.9. The van der Waals surface area contributed by atoms with E-state index in [9.17, 15) is 8.42 Å². The third-order valence-corrected chi connectivity index (χ3v) is 4.88. The smallest absolute Gasteiger partial charge is 0.147 e. The number of ether oxygens (including phenoxy) is 1. The first-order valence-electron chi connectivity index (χ1n) is 6.34. The standard InChI is InChI=1S/C12H25NO3S/c1-13-11(7-6-10-17(3,14)15)12(16-2)8-4-5-9-12/h11,13H,4-10H2,1-3H3. The summed E-state index contributed by atoms with van der Waals surface area (Å²) >= 11 is 0. The second-order valence-electron chi connectivity index (χ2n) is 5.09. The van der Waals surface area contributed by atoms with Crippen LogP contribution in [0.2, 0.25) is 0 Å². The Bertz CT molecular complexity index is 321. The van der Waals surface area contributed by atoms with Gasteiger partial charge in [-0.25, -0.2) is 8.42 Å². The summed E-state index contributed by atoms with van der Waals surface area (Å²) in [4.78, 5) is 0. The first-order chi connectivity index (χ1) is 7.93. The highest BCUT2D eigenvalue weighted by Gasteiger charge is 2.40. The van der Waals surface area contributed by atoms with Crippen molar-refractivity contribution in [3.05, 3.63) is 0 Å². The molecule has 5 heteroatoms. The van der Waals surface area contributed by atoms with Gasteiger partial charge in [0, 0.05) is 25.2 Å². The van der Waals surface area contributed by atoms with E-state index in [1.807, 2.05) is 7.05 Å². The summed E-state index contributed by atoms with van der Waals surface area (Å²) in [6, 6.07) is 0.261. The first-order valence-corrected chi connectivity index (χ1v) is 8.40. The van der Waals surface area contributed by atoms with Crippen molar-refractivity contribution in [1.29, 1.82) is 0 Å². The Labute approximate surface area is 105 Å². The first kappa shape index (κ1) is 14.9. The Morgan fingerprint density at radius 2 is 1.94 bits per heavy atom. The highest BCUT2D eigenvalue weighted by molar-refractivity contribution is 7.90. The lowest BCUT2D eigenvalue weighted by atomic mass is 9.89. The lowest BCUT2D eigenvalue weighted by Gasteiger charge is -2.36. The van der Waals surface area contributed by atoms with Crippen LogP contribution >= 0.6 is 0 Å². The molecular weight excluding hydrogens is 238 g/mol. The molecule has 102 valence electrons. The van der Waals surface area contributed by atoms with Crippen molar-refractivity contribution < 1.29 is 13.2 Å². The van der Waals surface area contributed by atoms with Gasteiger partial charge < -0.3 is 10.1 Å². The molecule has 0 aromatic carbocycles. The van der Waals surface area contributed by atoms with Crippen LogP contribution in [0.5, 0.6) is 0 Å². The maximum Gasteiger partial charge on any atom is 0.147 e. The van der Waals surface area contributed by atoms with Crippen LogP contribution in [0.4, 0.5) is 0 Å². The van der Waals surface area contributed by atoms with Crippen molar-refractivity contribution in [1.82, 2.24) is 5.32 Å². The van der Waals surface area contributed by atoms with Gasteiger partial charge in [-0.15, -0.1) is 0 Å². The zero-order valence-corrected chi connectivity index (χ0v) is 12.0. The van der Waals surface area contributed by atoms with E-state index < -0.39 is 9.84 Å². The number of methoxy groups -OCH3 is 1. The molecule has 1 fully saturated rings. The largest absolute Gasteiger partial charge is 0.377 e. The fraction of sp³-hybridized carbons (Fsp3) is 1.00. The number of rotatable bonds is 7. The monoisotopic (exact) mass is 263 g/mol. The van der Waals surface area contributed by atoms with E-state index in [1.54, 1.807) is 7.11 Å². The second-order valence-corrected chi connectivity index (χ2v) is 7.35. The van der Waals surface area contributed by atoms with Gasteiger partial charge in [-0.1, -0.05) is 12.8 Å². The number of likely N-dealkylation sites (N-methyl/N-ethyl adjacent to an activating group) is 1. The molecular formula is C12H25NO3S. The number of hydrogen-bond acceptors (Lipinski definition) is 4. The average Bonchev–Trinajstić information content (AvgIpc) is 2.72. The minimum atomic E-state index is -2.85. The lowest BCUT2D eigenvalue weighted by molar-refractivity contribution is -0.0359. The SMILES string of the molecule is CNC(CCCS(C)(=O)=O)C1(OC)CCCC1. The normalized spacial score (nSPS) is 21.6. The quantitative estimate of drug-likeness (QED) is 0.753. The van der Waals surface area contributed by atoms with E-state index in [0.29, 0.717) is 6.42 Å². The van der Waals surface area contributed by atoms with Crippen LogP contribution in [-0.2, 0) is 14.6 Å². The molecule has 0 radical (unpaired) electrons. The fourth-order valence-electron chi connectivity index (χ4n) is 2.89. The van der Waals surface area contributed by atoms with Crippen LogP contribution in [0.15, 0.2) is 0 Å². The Balaban J connectivity index is 2.52. The summed E-state index contributed by atoms with van der Waals surface area (Å²) in [7, 11) is 0.858. The van der Waals surface area contributed by atoms with E-state index in [0.717, 1.165) is 19.3 Å². The molecule has 4 nitrogen and oxygen atoms in total. The Morgan fingerprint density at radius 1 is 1.35 bits per heavy atom. The van der Waals surface area contributed by atoms with E-state index >= 15 is 0 Å². The maximum atomic E-state index is 11.1. The molecule has 0 aromatic heterocycles. The summed E-state index contributed by atoms with van der Waals surface area (Å²) < 4.78 is 28.0. The number of hydrogen-bond donors (Lipinski definition) is 1. The highest BCUT2D eigenvalue weighted by atomic mass is 32.2. The molecule has 0 bridgehead atoms. The van der Waals surface area contributed by atoms with Crippen molar-refractivity contribution in [3.63, 3.8) is 0 Å². The Hall–Kier alpha value is -0.130. The van der Waals surface area contributed by atoms with E-state index in [-0.39, 0.29) is 17.4 Å². The third kappa shape index (κ3) is 4.23. The zero-order valence-electron chi connectivity index (χ0n) is 11.2. The molecule has 0 saturated heterocycles. The second kappa shape index (κ2) is 6.16. The van der Waals surface area contributed by atoms with Crippen LogP contribution in [0.3, 0.4) is 0 Å². The van der Waals surface area contributed by atoms with Crippen molar-refractivity contribution in [2.45, 2.75) is 50.2 Å². The van der Waals surface area contributed by atoms with Gasteiger partial charge in [-0.05, 0) is 32.7 Å². The summed E-state index contributed by atoms with van der Waals surface area (Å²) in [5, 5.41) is 3.30. The van der Waals surface area contributed by atoms with Crippen LogP contribution in [0.25, 0.3) is 0 Å². The van der Waals surface area contributed by atoms with E-state index in [4.69, 9.17) is 4.74 Å². The topological polar surface area (TPSA) is 55.4 Å². The van der Waals surface area contributed by atoms with Gasteiger partial charge in [0.25, 0.3) is 0 Å². The minimum absolute atomic E-state index is 0.0771. The van der Waals surface area contributed by atoms with Gasteiger partial charge in [-0.2, -0.15) is 0 Å². The van der Waals surface area contributed by atoms with Crippen LogP contribution in [-0.4, -0.2) is 46.2 Å². The van der Waals surface area contributed by atoms with Crippen molar-refractivity contribution in [2.24, 2.45) is 0 Å². The summed E-state index contributed by atoms with van der Waals surface area (Å²) in [5.41, 5.74) is -0.0771. The molecule has 1 aliphatic rings. The molecule has 17 heavy (non-hydrogen) atoms. The van der Waals surface area contributed by atoms with Crippen molar-refractivity contribution in [2.75, 3.05) is 26.2 Å². The number of nitrogens with one attached hydrogen (secondary N) is 1. The average molecular weight is 263 g/mol. The molecule has 1 aliphatic carbocycles. The fourth-order valence-corrected chi connectivity index (χ4v) is 3.58. The predicted octanol–water partition coefficient (Wildman–Crippen LogP) is 1.36. The molecule has 1 atom stereocenters. The molecule has 1 rings (SSSR count). The van der Waals surface area contributed by atoms with Gasteiger partial charge in [0.05, 0.1) is 5.60 Å². The molecule has 0 heterocycles. The third-order valence-electron chi connectivity index (χ3n) is 3.85. The van der Waals surface area contributed by atoms with Crippen molar-refractivity contribution >= 4 is 9.84 Å². The highest BCUT2D eigenvalue weighted by Crippen LogP contribution is 2.37. The molecule has 0 spiro atoms. The lowest BCUT2D eigenvalue weighted by Crippen LogP contribution is -2.49. The van der Waals surface area contributed by atoms with Crippen LogP contribution in [0, 0.1) is 0 Å². The summed E-state index contributed by atoms with van der Waals surface area (Å²) in [5.74, 6) is 0.269. The van der Waals surface area contributed by atoms with E-state index in [2.05, 4.69) is 5.32 Å². The van der Waals surface area contributed by atoms with Gasteiger partial charge in [0.2, 0.25) is 0 Å². The van der Waals surface area contributed by atoms with Gasteiger partial charge in [-0.3, -0.25) is 0 Å². The summed E-state index contributed by atoms with van der Waals surface area (Å²) in [6.07, 6.45) is 7.42. The molecule has 1 N–H and O–H groups in total.